The monoisotopic (exact) mass is 382 g/mol. The Bertz CT molecular complexity index is 630. The van der Waals surface area contributed by atoms with Gasteiger partial charge in [-0.1, -0.05) is 12.8 Å². The van der Waals surface area contributed by atoms with E-state index < -0.39 is 11.9 Å². The van der Waals surface area contributed by atoms with Crippen molar-refractivity contribution >= 4 is 23.5 Å². The van der Waals surface area contributed by atoms with Crippen molar-refractivity contribution in [1.82, 2.24) is 19.2 Å². The molecule has 0 saturated carbocycles. The molecule has 26 heavy (non-hydrogen) atoms. The lowest BCUT2D eigenvalue weighted by Gasteiger charge is -2.17. The van der Waals surface area contributed by atoms with Crippen LogP contribution in [-0.4, -0.2) is 48.7 Å². The summed E-state index contributed by atoms with van der Waals surface area (Å²) in [7, 11) is 0. The van der Waals surface area contributed by atoms with E-state index in [4.69, 9.17) is 19.8 Å². The largest absolute Gasteiger partial charge is 0.481 e. The molecule has 0 spiro atoms. The van der Waals surface area contributed by atoms with Crippen LogP contribution in [0, 0.1) is 0 Å². The summed E-state index contributed by atoms with van der Waals surface area (Å²) in [5.41, 5.74) is 1.12. The fraction of sp³-hybridized carbons (Fsp3) is 0.529. The maximum atomic E-state index is 9.00. The number of nitrogens with zero attached hydrogens (tertiary/aromatic N) is 3. The van der Waals surface area contributed by atoms with Gasteiger partial charge in [0.2, 0.25) is 0 Å². The van der Waals surface area contributed by atoms with Crippen molar-refractivity contribution in [2.24, 2.45) is 0 Å². The molecule has 0 amide bonds. The Morgan fingerprint density at radius 3 is 2.58 bits per heavy atom. The van der Waals surface area contributed by atoms with Crippen molar-refractivity contribution in [2.45, 2.75) is 52.1 Å². The molecule has 1 fully saturated rings. The van der Waals surface area contributed by atoms with Crippen LogP contribution in [-0.2, 0) is 16.1 Å². The Morgan fingerprint density at radius 2 is 1.96 bits per heavy atom. The average molecular weight is 382 g/mol. The van der Waals surface area contributed by atoms with E-state index in [1.54, 1.807) is 0 Å². The van der Waals surface area contributed by atoms with Gasteiger partial charge < -0.3 is 20.1 Å². The first-order valence-corrected chi connectivity index (χ1v) is 9.27. The second kappa shape index (κ2) is 12.2. The van der Waals surface area contributed by atoms with Gasteiger partial charge in [-0.2, -0.15) is 0 Å². The smallest absolute Gasteiger partial charge is 0.300 e. The minimum Gasteiger partial charge on any atom is -0.481 e. The quantitative estimate of drug-likeness (QED) is 0.747. The first-order chi connectivity index (χ1) is 12.4. The van der Waals surface area contributed by atoms with Gasteiger partial charge in [0, 0.05) is 49.8 Å². The number of imidazole rings is 1. The molecular weight excluding hydrogens is 356 g/mol. The standard InChI is InChI=1S/C13H18N4S.2C2H4O2/c1-2-4-12(14-5-3-1)9-17-7-6-15-13(17)11-8-16-18-10-11;2*1-2(3)4/h6-8,10,12,14H,1-5,9H2;2*1H3,(H,3,4). The highest BCUT2D eigenvalue weighted by molar-refractivity contribution is 7.03. The van der Waals surface area contributed by atoms with Crippen LogP contribution in [0.3, 0.4) is 0 Å². The van der Waals surface area contributed by atoms with E-state index in [2.05, 4.69) is 30.8 Å². The molecule has 1 aliphatic heterocycles. The summed E-state index contributed by atoms with van der Waals surface area (Å²) in [6.45, 7) is 4.32. The summed E-state index contributed by atoms with van der Waals surface area (Å²) in [6.07, 6.45) is 11.1. The second-order valence-electron chi connectivity index (χ2n) is 5.85. The van der Waals surface area contributed by atoms with Crippen LogP contribution < -0.4 is 5.32 Å². The zero-order valence-corrected chi connectivity index (χ0v) is 15.9. The third-order valence-electron chi connectivity index (χ3n) is 3.49. The summed E-state index contributed by atoms with van der Waals surface area (Å²) < 4.78 is 6.40. The van der Waals surface area contributed by atoms with Gasteiger partial charge in [-0.25, -0.2) is 9.36 Å². The molecule has 144 valence electrons. The van der Waals surface area contributed by atoms with E-state index in [1.165, 1.54) is 37.2 Å². The molecular formula is C17H26N4O4S. The zero-order valence-electron chi connectivity index (χ0n) is 15.1. The van der Waals surface area contributed by atoms with Gasteiger partial charge in [-0.15, -0.1) is 0 Å². The van der Waals surface area contributed by atoms with Gasteiger partial charge >= 0.3 is 0 Å². The Labute approximate surface area is 157 Å². The zero-order chi connectivity index (χ0) is 19.4. The van der Waals surface area contributed by atoms with Gasteiger partial charge in [0.05, 0.1) is 6.20 Å². The highest BCUT2D eigenvalue weighted by Crippen LogP contribution is 2.19. The summed E-state index contributed by atoms with van der Waals surface area (Å²) in [4.78, 5) is 22.4. The fourth-order valence-corrected chi connectivity index (χ4v) is 3.04. The lowest BCUT2D eigenvalue weighted by atomic mass is 10.1. The van der Waals surface area contributed by atoms with Gasteiger partial charge in [0.25, 0.3) is 11.9 Å². The molecule has 2 aromatic rings. The molecule has 0 bridgehead atoms. The Hall–Kier alpha value is -2.26. The van der Waals surface area contributed by atoms with E-state index in [1.807, 2.05) is 12.4 Å². The summed E-state index contributed by atoms with van der Waals surface area (Å²) in [6, 6.07) is 0.576. The molecule has 8 nitrogen and oxygen atoms in total. The normalized spacial score (nSPS) is 16.3. The average Bonchev–Trinajstić information content (AvgIpc) is 3.14. The summed E-state index contributed by atoms with van der Waals surface area (Å²) in [5.74, 6) is -0.630. The number of carbonyl (C=O) groups is 2. The van der Waals surface area contributed by atoms with Crippen molar-refractivity contribution in [3.05, 3.63) is 24.0 Å². The van der Waals surface area contributed by atoms with Crippen molar-refractivity contribution in [3.8, 4) is 11.4 Å². The van der Waals surface area contributed by atoms with Crippen LogP contribution in [0.25, 0.3) is 11.4 Å². The minimum atomic E-state index is -0.833. The van der Waals surface area contributed by atoms with Crippen LogP contribution in [0.5, 0.6) is 0 Å². The number of nitrogens with one attached hydrogen (secondary N) is 1. The molecule has 3 heterocycles. The predicted molar refractivity (Wildman–Crippen MR) is 100 cm³/mol. The van der Waals surface area contributed by atoms with Crippen LogP contribution >= 0.6 is 11.5 Å². The molecule has 0 aliphatic carbocycles. The van der Waals surface area contributed by atoms with E-state index in [-0.39, 0.29) is 0 Å². The van der Waals surface area contributed by atoms with E-state index in [0.29, 0.717) is 6.04 Å². The van der Waals surface area contributed by atoms with Crippen LogP contribution in [0.2, 0.25) is 0 Å². The lowest BCUT2D eigenvalue weighted by Crippen LogP contribution is -2.32. The maximum absolute atomic E-state index is 9.00. The molecule has 3 rings (SSSR count). The topological polar surface area (TPSA) is 117 Å². The van der Waals surface area contributed by atoms with Crippen LogP contribution in [0.4, 0.5) is 0 Å². The molecule has 0 radical (unpaired) electrons. The number of aromatic nitrogens is 3. The number of carboxylic acids is 2. The van der Waals surface area contributed by atoms with Gasteiger partial charge in [0.1, 0.15) is 5.82 Å². The molecule has 0 aromatic carbocycles. The molecule has 1 saturated heterocycles. The van der Waals surface area contributed by atoms with Crippen molar-refractivity contribution in [1.29, 1.82) is 0 Å². The van der Waals surface area contributed by atoms with Crippen LogP contribution in [0.15, 0.2) is 24.0 Å². The minimum absolute atomic E-state index is 0.576. The number of carboxylic acid groups (broad SMARTS) is 2. The third kappa shape index (κ3) is 9.28. The van der Waals surface area contributed by atoms with E-state index in [0.717, 1.165) is 38.3 Å². The van der Waals surface area contributed by atoms with Gasteiger partial charge in [-0.05, 0) is 30.9 Å². The Balaban J connectivity index is 0.000000360. The molecule has 1 atom stereocenters. The lowest BCUT2D eigenvalue weighted by molar-refractivity contribution is -0.135. The second-order valence-corrected chi connectivity index (χ2v) is 6.51. The van der Waals surface area contributed by atoms with Gasteiger partial charge in [-0.3, -0.25) is 9.59 Å². The highest BCUT2D eigenvalue weighted by Gasteiger charge is 2.14. The number of rotatable bonds is 3. The Kier molecular flexibility index (Phi) is 10.2. The van der Waals surface area contributed by atoms with E-state index in [9.17, 15) is 0 Å². The van der Waals surface area contributed by atoms with Crippen LogP contribution in [0.1, 0.15) is 39.5 Å². The summed E-state index contributed by atoms with van der Waals surface area (Å²) >= 11 is 1.48. The van der Waals surface area contributed by atoms with Crippen molar-refractivity contribution in [3.63, 3.8) is 0 Å². The van der Waals surface area contributed by atoms with Crippen molar-refractivity contribution in [2.75, 3.05) is 6.54 Å². The maximum Gasteiger partial charge on any atom is 0.300 e. The van der Waals surface area contributed by atoms with Crippen molar-refractivity contribution < 1.29 is 19.8 Å². The Morgan fingerprint density at radius 1 is 1.27 bits per heavy atom. The van der Waals surface area contributed by atoms with E-state index >= 15 is 0 Å². The van der Waals surface area contributed by atoms with Gasteiger partial charge in [0.15, 0.2) is 0 Å². The molecule has 9 heteroatoms. The first kappa shape index (κ1) is 21.8. The summed E-state index contributed by atoms with van der Waals surface area (Å²) in [5, 5.41) is 20.5. The highest BCUT2D eigenvalue weighted by atomic mass is 32.1. The molecule has 1 unspecified atom stereocenters. The predicted octanol–water partition coefficient (Wildman–Crippen LogP) is 2.72. The molecule has 1 aliphatic rings. The SMILES string of the molecule is CC(=O)O.CC(=O)O.c1cn(CC2CCCCCN2)c(-c2cnsc2)n1. The third-order valence-corrected chi connectivity index (χ3v) is 4.07. The molecule has 2 aromatic heterocycles. The number of aliphatic carboxylic acids is 2. The number of hydrogen-bond acceptors (Lipinski definition) is 6. The molecule has 3 N–H and O–H groups in total. The first-order valence-electron chi connectivity index (χ1n) is 8.43. The number of hydrogen-bond donors (Lipinski definition) is 3. The fourth-order valence-electron chi connectivity index (χ4n) is 2.53.